The molecule has 0 radical (unpaired) electrons. The lowest BCUT2D eigenvalue weighted by molar-refractivity contribution is -0.804. The van der Waals surface area contributed by atoms with Gasteiger partial charge in [0.25, 0.3) is 0 Å². The van der Waals surface area contributed by atoms with E-state index in [-0.39, 0.29) is 12.4 Å². The predicted molar refractivity (Wildman–Crippen MR) is 109 cm³/mol. The predicted octanol–water partition coefficient (Wildman–Crippen LogP) is 4.74. The van der Waals surface area contributed by atoms with Crippen molar-refractivity contribution in [1.29, 1.82) is 0 Å². The Morgan fingerprint density at radius 1 is 0.520 bits per heavy atom. The van der Waals surface area contributed by atoms with E-state index in [0.29, 0.717) is 0 Å². The Balaban J connectivity index is 0.00000576. The highest BCUT2D eigenvalue weighted by atomic mass is 35.5. The third-order valence-electron chi connectivity index (χ3n) is 5.46. The van der Waals surface area contributed by atoms with E-state index in [4.69, 9.17) is 0 Å². The van der Waals surface area contributed by atoms with Gasteiger partial charge in [0, 0.05) is 0 Å². The number of quaternary nitrogens is 1. The molecule has 2 heteroatoms. The minimum absolute atomic E-state index is 0. The summed E-state index contributed by atoms with van der Waals surface area (Å²) in [5, 5.41) is 0. The minimum atomic E-state index is 0. The van der Waals surface area contributed by atoms with Crippen molar-refractivity contribution in [2.24, 2.45) is 0 Å². The smallest absolute Gasteiger partial charge is 0.100 e. The fourth-order valence-electron chi connectivity index (χ4n) is 3.69. The molecular weight excluding hydrogens is 326 g/mol. The first-order chi connectivity index (χ1) is 11.8. The maximum atomic E-state index is 2.30. The molecule has 0 spiro atoms. The molecule has 0 aromatic rings. The SMILES string of the molecule is CCCCCCCCCCCCCCCCCC[N+]1(C)C=CC=C1.[Cl-]. The monoisotopic (exact) mass is 369 g/mol. The van der Waals surface area contributed by atoms with Crippen LogP contribution in [0.3, 0.4) is 0 Å². The summed E-state index contributed by atoms with van der Waals surface area (Å²) in [5.74, 6) is 0. The first kappa shape index (κ1) is 24.7. The highest BCUT2D eigenvalue weighted by molar-refractivity contribution is 5.03. The second-order valence-corrected chi connectivity index (χ2v) is 8.06. The molecule has 148 valence electrons. The van der Waals surface area contributed by atoms with Crippen molar-refractivity contribution in [3.63, 3.8) is 0 Å². The zero-order valence-electron chi connectivity index (χ0n) is 17.2. The quantitative estimate of drug-likeness (QED) is 0.256. The molecule has 0 aromatic heterocycles. The average molecular weight is 370 g/mol. The molecule has 1 aliphatic heterocycles. The van der Waals surface area contributed by atoms with Gasteiger partial charge in [0.15, 0.2) is 0 Å². The summed E-state index contributed by atoms with van der Waals surface area (Å²) >= 11 is 0. The number of nitrogens with zero attached hydrogens (tertiary/aromatic N) is 1. The van der Waals surface area contributed by atoms with Crippen LogP contribution in [0.1, 0.15) is 110 Å². The number of rotatable bonds is 17. The Morgan fingerprint density at radius 3 is 1.20 bits per heavy atom. The highest BCUT2D eigenvalue weighted by Gasteiger charge is 2.16. The van der Waals surface area contributed by atoms with E-state index in [2.05, 4.69) is 38.5 Å². The van der Waals surface area contributed by atoms with Crippen LogP contribution in [-0.2, 0) is 0 Å². The molecule has 25 heavy (non-hydrogen) atoms. The van der Waals surface area contributed by atoms with Crippen molar-refractivity contribution in [1.82, 2.24) is 0 Å². The first-order valence-electron chi connectivity index (χ1n) is 11.0. The lowest BCUT2D eigenvalue weighted by Gasteiger charge is -2.22. The van der Waals surface area contributed by atoms with E-state index in [1.807, 2.05) is 0 Å². The Labute approximate surface area is 165 Å². The molecule has 0 saturated heterocycles. The fraction of sp³-hybridized carbons (Fsp3) is 0.826. The summed E-state index contributed by atoms with van der Waals surface area (Å²) in [4.78, 5) is 0. The standard InChI is InChI=1S/C23H44N.ClH/c1-3-4-5-6-7-8-9-10-11-12-13-14-15-16-17-18-21-24(2)22-19-20-23-24;/h19-20,22-23H,3-18,21H2,1-2H3;1H/q+1;/p-1. The van der Waals surface area contributed by atoms with Crippen LogP contribution in [0.15, 0.2) is 24.6 Å². The summed E-state index contributed by atoms with van der Waals surface area (Å²) < 4.78 is 1.01. The van der Waals surface area contributed by atoms with Crippen LogP contribution in [0.5, 0.6) is 0 Å². The van der Waals surface area contributed by atoms with Gasteiger partial charge in [-0.3, -0.25) is 4.48 Å². The van der Waals surface area contributed by atoms with E-state index in [1.165, 1.54) is 109 Å². The number of halogens is 1. The van der Waals surface area contributed by atoms with Crippen molar-refractivity contribution in [3.05, 3.63) is 24.6 Å². The van der Waals surface area contributed by atoms with Crippen LogP contribution in [0.25, 0.3) is 0 Å². The van der Waals surface area contributed by atoms with Gasteiger partial charge in [0.1, 0.15) is 12.4 Å². The molecule has 0 atom stereocenters. The minimum Gasteiger partial charge on any atom is -1.00 e. The number of unbranched alkanes of at least 4 members (excludes halogenated alkanes) is 15. The van der Waals surface area contributed by atoms with Crippen LogP contribution in [0.4, 0.5) is 0 Å². The molecule has 1 rings (SSSR count). The fourth-order valence-corrected chi connectivity index (χ4v) is 3.69. The second-order valence-electron chi connectivity index (χ2n) is 8.06. The summed E-state index contributed by atoms with van der Waals surface area (Å²) in [6.45, 7) is 3.57. The lowest BCUT2D eigenvalue weighted by atomic mass is 10.0. The van der Waals surface area contributed by atoms with E-state index >= 15 is 0 Å². The van der Waals surface area contributed by atoms with E-state index in [0.717, 1.165) is 4.48 Å². The summed E-state index contributed by atoms with van der Waals surface area (Å²) in [6, 6.07) is 0. The number of allylic oxidation sites excluding steroid dienone is 2. The Hall–Kier alpha value is -0.270. The van der Waals surface area contributed by atoms with Gasteiger partial charge < -0.3 is 12.4 Å². The molecule has 0 bridgehead atoms. The molecule has 0 unspecified atom stereocenters. The van der Waals surface area contributed by atoms with Crippen molar-refractivity contribution < 1.29 is 16.9 Å². The van der Waals surface area contributed by atoms with Crippen molar-refractivity contribution in [2.75, 3.05) is 13.6 Å². The number of hydrogen-bond acceptors (Lipinski definition) is 0. The second kappa shape index (κ2) is 17.2. The van der Waals surface area contributed by atoms with Gasteiger partial charge in [-0.15, -0.1) is 0 Å². The molecule has 0 aliphatic carbocycles. The normalized spacial score (nSPS) is 14.8. The maximum Gasteiger partial charge on any atom is 0.100 e. The zero-order valence-corrected chi connectivity index (χ0v) is 17.9. The molecule has 0 aromatic carbocycles. The van der Waals surface area contributed by atoms with Crippen LogP contribution in [0, 0.1) is 0 Å². The average Bonchev–Trinajstić information content (AvgIpc) is 3.01. The van der Waals surface area contributed by atoms with Crippen LogP contribution in [0.2, 0.25) is 0 Å². The Bertz CT molecular complexity index is 323. The van der Waals surface area contributed by atoms with Gasteiger partial charge in [0.05, 0.1) is 13.6 Å². The molecule has 1 heterocycles. The Morgan fingerprint density at radius 2 is 0.840 bits per heavy atom. The van der Waals surface area contributed by atoms with Gasteiger partial charge in [-0.25, -0.2) is 0 Å². The molecule has 1 nitrogen and oxygen atoms in total. The molecule has 1 aliphatic rings. The third-order valence-corrected chi connectivity index (χ3v) is 5.46. The molecule has 0 saturated carbocycles. The summed E-state index contributed by atoms with van der Waals surface area (Å²) in [7, 11) is 2.30. The lowest BCUT2D eigenvalue weighted by Crippen LogP contribution is -3.00. The van der Waals surface area contributed by atoms with Crippen molar-refractivity contribution >= 4 is 0 Å². The molecule has 0 amide bonds. The first-order valence-corrected chi connectivity index (χ1v) is 11.0. The van der Waals surface area contributed by atoms with Gasteiger partial charge in [-0.05, 0) is 25.0 Å². The molecular formula is C23H44ClN. The zero-order chi connectivity index (χ0) is 17.3. The Kier molecular flexibility index (Phi) is 17.0. The van der Waals surface area contributed by atoms with E-state index in [9.17, 15) is 0 Å². The van der Waals surface area contributed by atoms with Gasteiger partial charge in [-0.1, -0.05) is 96.8 Å². The topological polar surface area (TPSA) is 0 Å². The van der Waals surface area contributed by atoms with E-state index in [1.54, 1.807) is 0 Å². The van der Waals surface area contributed by atoms with Gasteiger partial charge in [0.2, 0.25) is 0 Å². The van der Waals surface area contributed by atoms with E-state index < -0.39 is 0 Å². The van der Waals surface area contributed by atoms with Crippen molar-refractivity contribution in [3.8, 4) is 0 Å². The third kappa shape index (κ3) is 14.6. The molecule has 0 N–H and O–H groups in total. The number of hydrogen-bond donors (Lipinski definition) is 0. The van der Waals surface area contributed by atoms with Gasteiger partial charge >= 0.3 is 0 Å². The van der Waals surface area contributed by atoms with Crippen LogP contribution in [-0.4, -0.2) is 18.1 Å². The molecule has 0 fully saturated rings. The summed E-state index contributed by atoms with van der Waals surface area (Å²) in [5.41, 5.74) is 0. The van der Waals surface area contributed by atoms with Crippen molar-refractivity contribution in [2.45, 2.75) is 110 Å². The van der Waals surface area contributed by atoms with Gasteiger partial charge in [-0.2, -0.15) is 0 Å². The largest absolute Gasteiger partial charge is 1.00 e. The maximum absolute atomic E-state index is 2.30. The highest BCUT2D eigenvalue weighted by Crippen LogP contribution is 2.16. The summed E-state index contributed by atoms with van der Waals surface area (Å²) in [6.07, 6.45) is 32.1. The van der Waals surface area contributed by atoms with Crippen LogP contribution < -0.4 is 12.4 Å². The van der Waals surface area contributed by atoms with Crippen LogP contribution >= 0.6 is 0 Å².